The summed E-state index contributed by atoms with van der Waals surface area (Å²) in [4.78, 5) is 2.11. The van der Waals surface area contributed by atoms with Crippen molar-refractivity contribution in [1.82, 2.24) is 4.90 Å². The van der Waals surface area contributed by atoms with Gasteiger partial charge in [0.1, 0.15) is 5.75 Å². The van der Waals surface area contributed by atoms with Gasteiger partial charge in [0.25, 0.3) is 4.52 Å². The predicted molar refractivity (Wildman–Crippen MR) is 69.3 cm³/mol. The largest absolute Gasteiger partial charge is 0.457 e. The van der Waals surface area contributed by atoms with Gasteiger partial charge in [-0.05, 0) is 25.2 Å². The minimum atomic E-state index is -1.20. The van der Waals surface area contributed by atoms with Crippen LogP contribution in [0.2, 0.25) is 0 Å². The Morgan fingerprint density at radius 1 is 1.12 bits per heavy atom. The highest BCUT2D eigenvalue weighted by atomic mass is 35.5. The predicted octanol–water partition coefficient (Wildman–Crippen LogP) is 3.54. The SMILES string of the molecule is CCN(CC)CC(Cl)(Cl)Oc1ccccc1. The number of benzene rings is 1. The first-order chi connectivity index (χ1) is 7.57. The molecule has 1 aromatic carbocycles. The van der Waals surface area contributed by atoms with E-state index in [1.165, 1.54) is 0 Å². The number of nitrogens with zero attached hydrogens (tertiary/aromatic N) is 1. The Hall–Kier alpha value is -0.440. The summed E-state index contributed by atoms with van der Waals surface area (Å²) >= 11 is 12.2. The molecule has 0 spiro atoms. The molecule has 0 aliphatic rings. The lowest BCUT2D eigenvalue weighted by molar-refractivity contribution is 0.167. The zero-order valence-corrected chi connectivity index (χ0v) is 11.1. The highest BCUT2D eigenvalue weighted by molar-refractivity contribution is 6.47. The van der Waals surface area contributed by atoms with Crippen LogP contribution in [-0.4, -0.2) is 29.1 Å². The van der Waals surface area contributed by atoms with Crippen LogP contribution in [-0.2, 0) is 0 Å². The van der Waals surface area contributed by atoms with Crippen LogP contribution >= 0.6 is 23.2 Å². The van der Waals surface area contributed by atoms with Gasteiger partial charge in [-0.3, -0.25) is 4.90 Å². The third-order valence-corrected chi connectivity index (χ3v) is 2.71. The Kier molecular flexibility index (Phi) is 5.39. The number of para-hydroxylation sites is 1. The second kappa shape index (κ2) is 6.33. The Balaban J connectivity index is 2.57. The molecule has 0 aromatic heterocycles. The van der Waals surface area contributed by atoms with E-state index in [1.807, 2.05) is 30.3 Å². The third kappa shape index (κ3) is 4.60. The van der Waals surface area contributed by atoms with Crippen LogP contribution in [0, 0.1) is 0 Å². The van der Waals surface area contributed by atoms with Crippen LogP contribution in [0.1, 0.15) is 13.8 Å². The van der Waals surface area contributed by atoms with Crippen molar-refractivity contribution in [3.8, 4) is 5.75 Å². The first-order valence-electron chi connectivity index (χ1n) is 5.41. The van der Waals surface area contributed by atoms with Gasteiger partial charge in [0, 0.05) is 0 Å². The lowest BCUT2D eigenvalue weighted by Crippen LogP contribution is -2.39. The van der Waals surface area contributed by atoms with Crippen LogP contribution in [0.3, 0.4) is 0 Å². The van der Waals surface area contributed by atoms with Crippen LogP contribution in [0.4, 0.5) is 0 Å². The summed E-state index contributed by atoms with van der Waals surface area (Å²) in [5.74, 6) is 0.680. The van der Waals surface area contributed by atoms with Crippen LogP contribution in [0.25, 0.3) is 0 Å². The summed E-state index contributed by atoms with van der Waals surface area (Å²) in [6.07, 6.45) is 0. The van der Waals surface area contributed by atoms with Crippen LogP contribution < -0.4 is 4.74 Å². The van der Waals surface area contributed by atoms with Gasteiger partial charge in [-0.25, -0.2) is 0 Å². The molecule has 0 bridgehead atoms. The monoisotopic (exact) mass is 261 g/mol. The molecule has 0 N–H and O–H groups in total. The molecule has 16 heavy (non-hydrogen) atoms. The quantitative estimate of drug-likeness (QED) is 0.727. The average molecular weight is 262 g/mol. The molecule has 1 aromatic rings. The van der Waals surface area contributed by atoms with Crippen molar-refractivity contribution < 1.29 is 4.74 Å². The highest BCUT2D eigenvalue weighted by Crippen LogP contribution is 2.26. The molecule has 0 unspecified atom stereocenters. The molecule has 0 aliphatic heterocycles. The lowest BCUT2D eigenvalue weighted by Gasteiger charge is -2.27. The van der Waals surface area contributed by atoms with E-state index in [2.05, 4.69) is 18.7 Å². The highest BCUT2D eigenvalue weighted by Gasteiger charge is 2.28. The molecule has 0 aliphatic carbocycles. The molecular formula is C12H17Cl2NO. The molecule has 4 heteroatoms. The second-order valence-electron chi connectivity index (χ2n) is 3.51. The minimum absolute atomic E-state index is 0.484. The van der Waals surface area contributed by atoms with Crippen LogP contribution in [0.5, 0.6) is 5.75 Å². The summed E-state index contributed by atoms with van der Waals surface area (Å²) in [6, 6.07) is 9.36. The van der Waals surface area contributed by atoms with Gasteiger partial charge in [-0.2, -0.15) is 0 Å². The average Bonchev–Trinajstić information content (AvgIpc) is 2.26. The van der Waals surface area contributed by atoms with Gasteiger partial charge in [0.05, 0.1) is 6.54 Å². The maximum absolute atomic E-state index is 6.12. The van der Waals surface area contributed by atoms with Gasteiger partial charge in [0.15, 0.2) is 0 Å². The Labute approximate surface area is 107 Å². The van der Waals surface area contributed by atoms with Crippen molar-refractivity contribution in [2.45, 2.75) is 18.4 Å². The molecule has 0 saturated heterocycles. The van der Waals surface area contributed by atoms with Crippen molar-refractivity contribution >= 4 is 23.2 Å². The number of hydrogen-bond acceptors (Lipinski definition) is 2. The number of rotatable bonds is 6. The molecule has 0 amide bonds. The first-order valence-corrected chi connectivity index (χ1v) is 6.17. The van der Waals surface area contributed by atoms with Crippen molar-refractivity contribution in [1.29, 1.82) is 0 Å². The van der Waals surface area contributed by atoms with E-state index in [1.54, 1.807) is 0 Å². The number of alkyl halides is 2. The minimum Gasteiger partial charge on any atom is -0.457 e. The topological polar surface area (TPSA) is 12.5 Å². The van der Waals surface area contributed by atoms with E-state index in [9.17, 15) is 0 Å². The van der Waals surface area contributed by atoms with E-state index in [0.717, 1.165) is 13.1 Å². The third-order valence-electron chi connectivity index (χ3n) is 2.31. The van der Waals surface area contributed by atoms with Gasteiger partial charge >= 0.3 is 0 Å². The first kappa shape index (κ1) is 13.6. The molecular weight excluding hydrogens is 245 g/mol. The van der Waals surface area contributed by atoms with Crippen molar-refractivity contribution in [3.05, 3.63) is 30.3 Å². The van der Waals surface area contributed by atoms with Gasteiger partial charge in [0.2, 0.25) is 0 Å². The molecule has 0 heterocycles. The van der Waals surface area contributed by atoms with Crippen molar-refractivity contribution in [2.24, 2.45) is 0 Å². The summed E-state index contributed by atoms with van der Waals surface area (Å²) < 4.78 is 4.32. The zero-order chi connectivity index (χ0) is 12.0. The molecule has 1 rings (SSSR count). The Morgan fingerprint density at radius 2 is 1.69 bits per heavy atom. The van der Waals surface area contributed by atoms with Gasteiger partial charge < -0.3 is 4.74 Å². The molecule has 2 nitrogen and oxygen atoms in total. The summed E-state index contributed by atoms with van der Waals surface area (Å²) in [5, 5.41) is 0. The second-order valence-corrected chi connectivity index (χ2v) is 4.93. The summed E-state index contributed by atoms with van der Waals surface area (Å²) in [5.41, 5.74) is 0. The molecule has 90 valence electrons. The van der Waals surface area contributed by atoms with E-state index in [-0.39, 0.29) is 0 Å². The smallest absolute Gasteiger partial charge is 0.270 e. The maximum Gasteiger partial charge on any atom is 0.270 e. The standard InChI is InChI=1S/C12H17Cl2NO/c1-3-15(4-2)10-12(13,14)16-11-8-6-5-7-9-11/h5-9H,3-4,10H2,1-2H3. The maximum atomic E-state index is 6.12. The van der Waals surface area contributed by atoms with Crippen molar-refractivity contribution in [2.75, 3.05) is 19.6 Å². The number of ether oxygens (including phenoxy) is 1. The van der Waals surface area contributed by atoms with E-state index < -0.39 is 4.52 Å². The number of halogens is 2. The summed E-state index contributed by atoms with van der Waals surface area (Å²) in [7, 11) is 0. The molecule has 0 fully saturated rings. The summed E-state index contributed by atoms with van der Waals surface area (Å²) in [6.45, 7) is 6.41. The van der Waals surface area contributed by atoms with Gasteiger partial charge in [-0.15, -0.1) is 0 Å². The Bertz CT molecular complexity index is 299. The van der Waals surface area contributed by atoms with Crippen molar-refractivity contribution in [3.63, 3.8) is 0 Å². The van der Waals surface area contributed by atoms with E-state index in [4.69, 9.17) is 27.9 Å². The van der Waals surface area contributed by atoms with Gasteiger partial charge in [-0.1, -0.05) is 55.2 Å². The normalized spacial score (nSPS) is 11.8. The fraction of sp³-hybridized carbons (Fsp3) is 0.500. The number of likely N-dealkylation sites (N-methyl/N-ethyl adjacent to an activating group) is 1. The zero-order valence-electron chi connectivity index (χ0n) is 9.62. The molecule has 0 saturated carbocycles. The lowest BCUT2D eigenvalue weighted by atomic mass is 10.3. The fourth-order valence-electron chi connectivity index (χ4n) is 1.40. The molecule has 0 atom stereocenters. The van der Waals surface area contributed by atoms with Crippen LogP contribution in [0.15, 0.2) is 30.3 Å². The fourth-order valence-corrected chi connectivity index (χ4v) is 1.92. The molecule has 0 radical (unpaired) electrons. The number of hydrogen-bond donors (Lipinski definition) is 0. The van der Waals surface area contributed by atoms with E-state index in [0.29, 0.717) is 12.3 Å². The Morgan fingerprint density at radius 3 is 2.19 bits per heavy atom. The van der Waals surface area contributed by atoms with E-state index >= 15 is 0 Å².